The van der Waals surface area contributed by atoms with E-state index in [-0.39, 0.29) is 38.3 Å². The average molecular weight is 314 g/mol. The first-order valence-electron chi connectivity index (χ1n) is 7.24. The predicted octanol–water partition coefficient (Wildman–Crippen LogP) is -1.45. The minimum atomic E-state index is -0.257. The van der Waals surface area contributed by atoms with E-state index in [1.165, 1.54) is 0 Å². The summed E-state index contributed by atoms with van der Waals surface area (Å²) >= 11 is 0. The first-order valence-corrected chi connectivity index (χ1v) is 7.24. The predicted molar refractivity (Wildman–Crippen MR) is 83.9 cm³/mol. The SMILES string of the molecule is CN(CC(CO)CO)c1nccnc1N(C)CC(CO)CO. The molecular formula is C14H26N4O4. The van der Waals surface area contributed by atoms with E-state index in [1.807, 2.05) is 23.9 Å². The van der Waals surface area contributed by atoms with Gasteiger partial charge in [-0.05, 0) is 0 Å². The van der Waals surface area contributed by atoms with E-state index < -0.39 is 0 Å². The quantitative estimate of drug-likeness (QED) is 0.415. The first-order chi connectivity index (χ1) is 10.6. The summed E-state index contributed by atoms with van der Waals surface area (Å²) in [5, 5.41) is 36.8. The lowest BCUT2D eigenvalue weighted by atomic mass is 10.1. The number of hydrogen-bond acceptors (Lipinski definition) is 8. The summed E-state index contributed by atoms with van der Waals surface area (Å²) in [6.45, 7) is 0.450. The van der Waals surface area contributed by atoms with Gasteiger partial charge in [0.15, 0.2) is 11.6 Å². The van der Waals surface area contributed by atoms with Crippen LogP contribution in [0.4, 0.5) is 11.6 Å². The maximum atomic E-state index is 9.19. The average Bonchev–Trinajstić information content (AvgIpc) is 2.56. The van der Waals surface area contributed by atoms with E-state index >= 15 is 0 Å². The maximum absolute atomic E-state index is 9.19. The highest BCUT2D eigenvalue weighted by molar-refractivity contribution is 5.61. The number of aromatic nitrogens is 2. The summed E-state index contributed by atoms with van der Waals surface area (Å²) in [6, 6.07) is 0. The molecule has 1 aromatic rings. The summed E-state index contributed by atoms with van der Waals surface area (Å²) in [5.41, 5.74) is 0. The van der Waals surface area contributed by atoms with Crippen LogP contribution in [0.5, 0.6) is 0 Å². The zero-order chi connectivity index (χ0) is 16.5. The second-order valence-corrected chi connectivity index (χ2v) is 5.43. The molecule has 0 aliphatic heterocycles. The van der Waals surface area contributed by atoms with Crippen molar-refractivity contribution in [2.45, 2.75) is 0 Å². The highest BCUT2D eigenvalue weighted by Crippen LogP contribution is 2.23. The summed E-state index contributed by atoms with van der Waals surface area (Å²) in [5.74, 6) is 0.721. The van der Waals surface area contributed by atoms with Crippen molar-refractivity contribution in [2.24, 2.45) is 11.8 Å². The Morgan fingerprint density at radius 3 is 1.36 bits per heavy atom. The molecule has 0 fully saturated rings. The fraction of sp³-hybridized carbons (Fsp3) is 0.714. The molecule has 0 atom stereocenters. The van der Waals surface area contributed by atoms with Crippen molar-refractivity contribution in [1.29, 1.82) is 0 Å². The highest BCUT2D eigenvalue weighted by atomic mass is 16.3. The van der Waals surface area contributed by atoms with Crippen molar-refractivity contribution in [1.82, 2.24) is 9.97 Å². The molecule has 4 N–H and O–H groups in total. The summed E-state index contributed by atoms with van der Waals surface area (Å²) in [7, 11) is 3.63. The van der Waals surface area contributed by atoms with Crippen LogP contribution in [0.2, 0.25) is 0 Å². The van der Waals surface area contributed by atoms with Crippen molar-refractivity contribution in [3.63, 3.8) is 0 Å². The summed E-state index contributed by atoms with van der Waals surface area (Å²) < 4.78 is 0. The molecule has 1 rings (SSSR count). The van der Waals surface area contributed by atoms with Gasteiger partial charge in [0.2, 0.25) is 0 Å². The van der Waals surface area contributed by atoms with Crippen LogP contribution in [0.15, 0.2) is 12.4 Å². The van der Waals surface area contributed by atoms with Gasteiger partial charge < -0.3 is 30.2 Å². The number of aliphatic hydroxyl groups excluding tert-OH is 4. The topological polar surface area (TPSA) is 113 Å². The van der Waals surface area contributed by atoms with Crippen LogP contribution < -0.4 is 9.80 Å². The lowest BCUT2D eigenvalue weighted by Gasteiger charge is -2.28. The van der Waals surface area contributed by atoms with E-state index in [0.717, 1.165) is 0 Å². The van der Waals surface area contributed by atoms with Gasteiger partial charge in [-0.1, -0.05) is 0 Å². The van der Waals surface area contributed by atoms with Crippen molar-refractivity contribution in [2.75, 3.05) is 63.4 Å². The van der Waals surface area contributed by atoms with Gasteiger partial charge in [-0.25, -0.2) is 9.97 Å². The van der Waals surface area contributed by atoms with Gasteiger partial charge in [0.1, 0.15) is 0 Å². The van der Waals surface area contributed by atoms with Gasteiger partial charge in [0, 0.05) is 77.8 Å². The Morgan fingerprint density at radius 2 is 1.09 bits per heavy atom. The smallest absolute Gasteiger partial charge is 0.171 e. The molecule has 8 heteroatoms. The Labute approximate surface area is 130 Å². The Morgan fingerprint density at radius 1 is 0.773 bits per heavy atom. The van der Waals surface area contributed by atoms with E-state index in [2.05, 4.69) is 9.97 Å². The van der Waals surface area contributed by atoms with Gasteiger partial charge in [-0.15, -0.1) is 0 Å². The fourth-order valence-electron chi connectivity index (χ4n) is 2.16. The standard InChI is InChI=1S/C14H26N4O4/c1-17(5-11(7-19)8-20)13-14(16-4-3-15-13)18(2)6-12(9-21)10-22/h3-4,11-12,19-22H,5-10H2,1-2H3. The molecule has 126 valence electrons. The third-order valence-electron chi connectivity index (χ3n) is 3.48. The van der Waals surface area contributed by atoms with Gasteiger partial charge in [0.05, 0.1) is 0 Å². The second kappa shape index (κ2) is 9.52. The summed E-state index contributed by atoms with van der Waals surface area (Å²) in [6.07, 6.45) is 3.15. The monoisotopic (exact) mass is 314 g/mol. The lowest BCUT2D eigenvalue weighted by Crippen LogP contribution is -2.34. The van der Waals surface area contributed by atoms with E-state index in [9.17, 15) is 20.4 Å². The number of hydrogen-bond donors (Lipinski definition) is 4. The molecule has 1 heterocycles. The molecule has 22 heavy (non-hydrogen) atoms. The molecule has 0 spiro atoms. The third-order valence-corrected chi connectivity index (χ3v) is 3.48. The molecule has 0 saturated carbocycles. The minimum absolute atomic E-state index is 0.108. The van der Waals surface area contributed by atoms with Crippen molar-refractivity contribution in [3.8, 4) is 0 Å². The molecule has 0 saturated heterocycles. The first kappa shape index (κ1) is 18.6. The number of anilines is 2. The van der Waals surface area contributed by atoms with Crippen LogP contribution in [0, 0.1) is 11.8 Å². The fourth-order valence-corrected chi connectivity index (χ4v) is 2.16. The molecule has 1 aromatic heterocycles. The van der Waals surface area contributed by atoms with E-state index in [4.69, 9.17) is 0 Å². The normalized spacial score (nSPS) is 11.3. The highest BCUT2D eigenvalue weighted by Gasteiger charge is 2.19. The van der Waals surface area contributed by atoms with Gasteiger partial charge in [0.25, 0.3) is 0 Å². The second-order valence-electron chi connectivity index (χ2n) is 5.43. The zero-order valence-corrected chi connectivity index (χ0v) is 13.1. The van der Waals surface area contributed by atoms with Gasteiger partial charge in [-0.3, -0.25) is 0 Å². The van der Waals surface area contributed by atoms with E-state index in [1.54, 1.807) is 12.4 Å². The van der Waals surface area contributed by atoms with Crippen molar-refractivity contribution < 1.29 is 20.4 Å². The van der Waals surface area contributed by atoms with Crippen LogP contribution in [0.3, 0.4) is 0 Å². The molecule has 0 bridgehead atoms. The van der Waals surface area contributed by atoms with Crippen molar-refractivity contribution in [3.05, 3.63) is 12.4 Å². The number of aliphatic hydroxyl groups is 4. The summed E-state index contributed by atoms with van der Waals surface area (Å²) in [4.78, 5) is 12.3. The molecule has 8 nitrogen and oxygen atoms in total. The maximum Gasteiger partial charge on any atom is 0.171 e. The van der Waals surface area contributed by atoms with Crippen LogP contribution in [-0.2, 0) is 0 Å². The molecule has 0 unspecified atom stereocenters. The third kappa shape index (κ3) is 5.06. The van der Waals surface area contributed by atoms with Crippen LogP contribution >= 0.6 is 0 Å². The van der Waals surface area contributed by atoms with Crippen LogP contribution in [0.25, 0.3) is 0 Å². The molecule has 0 radical (unpaired) electrons. The Balaban J connectivity index is 2.88. The zero-order valence-electron chi connectivity index (χ0n) is 13.1. The lowest BCUT2D eigenvalue weighted by molar-refractivity contribution is 0.153. The molecule has 0 amide bonds. The minimum Gasteiger partial charge on any atom is -0.396 e. The van der Waals surface area contributed by atoms with Crippen LogP contribution in [0.1, 0.15) is 0 Å². The van der Waals surface area contributed by atoms with Crippen molar-refractivity contribution >= 4 is 11.6 Å². The number of rotatable bonds is 10. The van der Waals surface area contributed by atoms with E-state index in [0.29, 0.717) is 24.7 Å². The molecule has 0 aromatic carbocycles. The molecule has 0 aliphatic rings. The largest absolute Gasteiger partial charge is 0.396 e. The molecular weight excluding hydrogens is 288 g/mol. The number of nitrogens with zero attached hydrogens (tertiary/aromatic N) is 4. The Kier molecular flexibility index (Phi) is 8.03. The Hall–Kier alpha value is -1.48. The molecule has 0 aliphatic carbocycles. The van der Waals surface area contributed by atoms with Gasteiger partial charge in [-0.2, -0.15) is 0 Å². The van der Waals surface area contributed by atoms with Gasteiger partial charge >= 0.3 is 0 Å². The van der Waals surface area contributed by atoms with Crippen LogP contribution in [-0.4, -0.2) is 84.0 Å². The Bertz CT molecular complexity index is 388.